The molecule has 27 heavy (non-hydrogen) atoms. The maximum atomic E-state index is 13.0. The van der Waals surface area contributed by atoms with Gasteiger partial charge in [0.25, 0.3) is 0 Å². The average molecular weight is 370 g/mol. The van der Waals surface area contributed by atoms with Crippen LogP contribution in [0.2, 0.25) is 0 Å². The van der Waals surface area contributed by atoms with Crippen molar-refractivity contribution in [3.8, 4) is 0 Å². The van der Waals surface area contributed by atoms with E-state index in [1.165, 1.54) is 11.1 Å². The highest BCUT2D eigenvalue weighted by Gasteiger charge is 2.33. The molecule has 0 radical (unpaired) electrons. The van der Waals surface area contributed by atoms with Crippen molar-refractivity contribution in [3.63, 3.8) is 0 Å². The molecular weight excluding hydrogens is 340 g/mol. The number of benzene rings is 1. The van der Waals surface area contributed by atoms with Gasteiger partial charge >= 0.3 is 5.97 Å². The Morgan fingerprint density at radius 3 is 2.67 bits per heavy atom. The van der Waals surface area contributed by atoms with Gasteiger partial charge in [0, 0.05) is 26.2 Å². The summed E-state index contributed by atoms with van der Waals surface area (Å²) < 4.78 is 5.14. The first-order valence-electron chi connectivity index (χ1n) is 10.0. The Hall–Kier alpha value is -2.14. The second-order valence-electron chi connectivity index (χ2n) is 7.39. The SMILES string of the molecule is CCOC(=O)C1CCCN(C(=O)C(C)N2CC=C(c3ccccc3)CC2)C1. The average Bonchev–Trinajstić information content (AvgIpc) is 2.73. The van der Waals surface area contributed by atoms with Gasteiger partial charge in [0.05, 0.1) is 18.6 Å². The number of likely N-dealkylation sites (tertiary alicyclic amines) is 1. The topological polar surface area (TPSA) is 49.9 Å². The van der Waals surface area contributed by atoms with Crippen LogP contribution in [-0.2, 0) is 14.3 Å². The van der Waals surface area contributed by atoms with E-state index in [-0.39, 0.29) is 23.8 Å². The summed E-state index contributed by atoms with van der Waals surface area (Å²) in [4.78, 5) is 29.1. The largest absolute Gasteiger partial charge is 0.466 e. The van der Waals surface area contributed by atoms with Crippen molar-refractivity contribution in [1.82, 2.24) is 9.80 Å². The molecule has 0 aliphatic carbocycles. The first-order chi connectivity index (χ1) is 13.1. The molecule has 1 aromatic carbocycles. The van der Waals surface area contributed by atoms with E-state index in [0.717, 1.165) is 38.9 Å². The minimum absolute atomic E-state index is 0.126. The van der Waals surface area contributed by atoms with Gasteiger partial charge in [0.15, 0.2) is 0 Å². The second-order valence-corrected chi connectivity index (χ2v) is 7.39. The molecule has 0 bridgehead atoms. The maximum absolute atomic E-state index is 13.0. The maximum Gasteiger partial charge on any atom is 0.310 e. The van der Waals surface area contributed by atoms with E-state index >= 15 is 0 Å². The summed E-state index contributed by atoms with van der Waals surface area (Å²) in [5, 5.41) is 0. The zero-order valence-corrected chi connectivity index (χ0v) is 16.4. The molecule has 146 valence electrons. The van der Waals surface area contributed by atoms with Gasteiger partial charge in [-0.15, -0.1) is 0 Å². The van der Waals surface area contributed by atoms with Crippen LogP contribution in [0.1, 0.15) is 38.7 Å². The van der Waals surface area contributed by atoms with Gasteiger partial charge < -0.3 is 9.64 Å². The molecule has 1 fully saturated rings. The summed E-state index contributed by atoms with van der Waals surface area (Å²) >= 11 is 0. The number of ether oxygens (including phenoxy) is 1. The number of amides is 1. The number of carbonyl (C=O) groups is 2. The smallest absolute Gasteiger partial charge is 0.310 e. The van der Waals surface area contributed by atoms with Crippen molar-refractivity contribution < 1.29 is 14.3 Å². The van der Waals surface area contributed by atoms with Crippen molar-refractivity contribution in [1.29, 1.82) is 0 Å². The van der Waals surface area contributed by atoms with Crippen molar-refractivity contribution in [2.24, 2.45) is 5.92 Å². The number of piperidine rings is 1. The lowest BCUT2D eigenvalue weighted by atomic mass is 9.96. The molecule has 2 unspecified atom stereocenters. The Balaban J connectivity index is 1.58. The van der Waals surface area contributed by atoms with Crippen LogP contribution < -0.4 is 0 Å². The molecule has 2 aliphatic heterocycles. The summed E-state index contributed by atoms with van der Waals surface area (Å²) in [6.07, 6.45) is 4.86. The van der Waals surface area contributed by atoms with Crippen LogP contribution in [0.5, 0.6) is 0 Å². The molecule has 0 aromatic heterocycles. The predicted octanol–water partition coefficient (Wildman–Crippen LogP) is 2.97. The van der Waals surface area contributed by atoms with Crippen molar-refractivity contribution in [2.45, 2.75) is 39.2 Å². The lowest BCUT2D eigenvalue weighted by Crippen LogP contribution is -2.51. The third-order valence-electron chi connectivity index (χ3n) is 5.64. The van der Waals surface area contributed by atoms with Gasteiger partial charge in [0.2, 0.25) is 5.91 Å². The van der Waals surface area contributed by atoms with E-state index in [1.807, 2.05) is 24.8 Å². The van der Waals surface area contributed by atoms with Gasteiger partial charge in [0.1, 0.15) is 0 Å². The van der Waals surface area contributed by atoms with E-state index in [0.29, 0.717) is 13.2 Å². The fraction of sp³-hybridized carbons (Fsp3) is 0.545. The summed E-state index contributed by atoms with van der Waals surface area (Å²) in [5.74, 6) is -0.225. The monoisotopic (exact) mass is 370 g/mol. The molecule has 0 saturated carbocycles. The Kier molecular flexibility index (Phi) is 6.67. The van der Waals surface area contributed by atoms with Crippen LogP contribution in [0, 0.1) is 5.92 Å². The minimum Gasteiger partial charge on any atom is -0.466 e. The second kappa shape index (κ2) is 9.18. The third kappa shape index (κ3) is 4.78. The van der Waals surface area contributed by atoms with Crippen LogP contribution in [0.15, 0.2) is 36.4 Å². The molecule has 1 amide bonds. The lowest BCUT2D eigenvalue weighted by Gasteiger charge is -2.37. The Morgan fingerprint density at radius 1 is 1.22 bits per heavy atom. The predicted molar refractivity (Wildman–Crippen MR) is 106 cm³/mol. The number of rotatable bonds is 5. The normalized spacial score (nSPS) is 22.1. The summed E-state index contributed by atoms with van der Waals surface area (Å²) in [5.41, 5.74) is 2.62. The first-order valence-corrected chi connectivity index (χ1v) is 10.0. The number of esters is 1. The van der Waals surface area contributed by atoms with E-state index < -0.39 is 0 Å². The molecule has 5 nitrogen and oxygen atoms in total. The van der Waals surface area contributed by atoms with Crippen LogP contribution in [0.25, 0.3) is 5.57 Å². The minimum atomic E-state index is -0.180. The molecule has 1 saturated heterocycles. The molecule has 2 atom stereocenters. The molecule has 1 aromatic rings. The molecule has 2 aliphatic rings. The Morgan fingerprint density at radius 2 is 2.00 bits per heavy atom. The summed E-state index contributed by atoms with van der Waals surface area (Å²) in [7, 11) is 0. The van der Waals surface area contributed by atoms with Crippen LogP contribution in [0.4, 0.5) is 0 Å². The molecular formula is C22H30N2O3. The molecule has 3 rings (SSSR count). The van der Waals surface area contributed by atoms with E-state index in [4.69, 9.17) is 4.74 Å². The molecule has 0 spiro atoms. The number of hydrogen-bond acceptors (Lipinski definition) is 4. The highest BCUT2D eigenvalue weighted by atomic mass is 16.5. The van der Waals surface area contributed by atoms with Gasteiger partial charge in [-0.2, -0.15) is 0 Å². The van der Waals surface area contributed by atoms with Gasteiger partial charge in [-0.05, 0) is 44.2 Å². The third-order valence-corrected chi connectivity index (χ3v) is 5.64. The van der Waals surface area contributed by atoms with Crippen molar-refractivity contribution in [3.05, 3.63) is 42.0 Å². The van der Waals surface area contributed by atoms with Gasteiger partial charge in [-0.25, -0.2) is 0 Å². The van der Waals surface area contributed by atoms with Gasteiger partial charge in [-0.3, -0.25) is 14.5 Å². The fourth-order valence-electron chi connectivity index (χ4n) is 4.00. The lowest BCUT2D eigenvalue weighted by molar-refractivity contribution is -0.152. The number of carbonyl (C=O) groups excluding carboxylic acids is 2. The van der Waals surface area contributed by atoms with E-state index in [2.05, 4.69) is 35.2 Å². The molecule has 0 N–H and O–H groups in total. The first kappa shape index (κ1) is 19.6. The van der Waals surface area contributed by atoms with Crippen LogP contribution in [-0.4, -0.2) is 60.5 Å². The van der Waals surface area contributed by atoms with Crippen molar-refractivity contribution >= 4 is 17.4 Å². The van der Waals surface area contributed by atoms with Gasteiger partial charge in [-0.1, -0.05) is 36.4 Å². The standard InChI is InChI=1S/C22H30N2O3/c1-3-27-22(26)20-10-7-13-24(16-20)21(25)17(2)23-14-11-19(12-15-23)18-8-5-4-6-9-18/h4-6,8-9,11,17,20H,3,7,10,12-16H2,1-2H3. The van der Waals surface area contributed by atoms with Crippen molar-refractivity contribution in [2.75, 3.05) is 32.8 Å². The van der Waals surface area contributed by atoms with E-state index in [1.54, 1.807) is 0 Å². The fourth-order valence-corrected chi connectivity index (χ4v) is 4.00. The number of nitrogens with zero attached hydrogens (tertiary/aromatic N) is 2. The highest BCUT2D eigenvalue weighted by Crippen LogP contribution is 2.24. The zero-order chi connectivity index (χ0) is 19.2. The van der Waals surface area contributed by atoms with Crippen LogP contribution in [0.3, 0.4) is 0 Å². The van der Waals surface area contributed by atoms with E-state index in [9.17, 15) is 9.59 Å². The summed E-state index contributed by atoms with van der Waals surface area (Å²) in [6.45, 7) is 7.08. The zero-order valence-electron chi connectivity index (χ0n) is 16.4. The molecule has 2 heterocycles. The van der Waals surface area contributed by atoms with Crippen LogP contribution >= 0.6 is 0 Å². The summed E-state index contributed by atoms with van der Waals surface area (Å²) in [6, 6.07) is 10.3. The molecule has 5 heteroatoms. The Labute approximate surface area is 162 Å². The number of hydrogen-bond donors (Lipinski definition) is 0. The quantitative estimate of drug-likeness (QED) is 0.748. The highest BCUT2D eigenvalue weighted by molar-refractivity contribution is 5.83. The Bertz CT molecular complexity index is 686.